The number of amides is 1. The summed E-state index contributed by atoms with van der Waals surface area (Å²) < 4.78 is 2.08. The van der Waals surface area contributed by atoms with E-state index >= 15 is 0 Å². The van der Waals surface area contributed by atoms with Crippen molar-refractivity contribution in [1.82, 2.24) is 24.7 Å². The minimum Gasteiger partial charge on any atom is -0.367 e. The number of nitrogens with one attached hydrogen (secondary N) is 2. The SMILES string of the molecule is CNC(=O)c1ccc(-c2cnc3c(NCC(C)C)nc4ccccc4n23)cn1. The van der Waals surface area contributed by atoms with Crippen LogP contribution >= 0.6 is 0 Å². The van der Waals surface area contributed by atoms with Crippen molar-refractivity contribution in [1.29, 1.82) is 0 Å². The molecule has 0 fully saturated rings. The number of aromatic nitrogens is 4. The van der Waals surface area contributed by atoms with E-state index in [-0.39, 0.29) is 5.91 Å². The lowest BCUT2D eigenvalue weighted by molar-refractivity contribution is 0.0958. The largest absolute Gasteiger partial charge is 0.367 e. The van der Waals surface area contributed by atoms with Gasteiger partial charge in [-0.1, -0.05) is 26.0 Å². The molecule has 1 amide bonds. The molecule has 2 N–H and O–H groups in total. The van der Waals surface area contributed by atoms with Crippen molar-refractivity contribution in [2.75, 3.05) is 18.9 Å². The Morgan fingerprint density at radius 1 is 1.11 bits per heavy atom. The number of pyridine rings is 1. The summed E-state index contributed by atoms with van der Waals surface area (Å²) in [7, 11) is 1.59. The van der Waals surface area contributed by atoms with Crippen molar-refractivity contribution in [3.63, 3.8) is 0 Å². The minimum atomic E-state index is -0.209. The van der Waals surface area contributed by atoms with Crippen LogP contribution in [-0.2, 0) is 0 Å². The van der Waals surface area contributed by atoms with Crippen molar-refractivity contribution in [3.05, 3.63) is 54.5 Å². The third-order valence-corrected chi connectivity index (χ3v) is 4.53. The highest BCUT2D eigenvalue weighted by atomic mass is 16.1. The van der Waals surface area contributed by atoms with E-state index in [2.05, 4.69) is 38.8 Å². The third-order valence-electron chi connectivity index (χ3n) is 4.53. The van der Waals surface area contributed by atoms with E-state index in [4.69, 9.17) is 4.98 Å². The second kappa shape index (κ2) is 7.26. The quantitative estimate of drug-likeness (QED) is 0.559. The summed E-state index contributed by atoms with van der Waals surface area (Å²) in [4.78, 5) is 25.4. The van der Waals surface area contributed by atoms with Gasteiger partial charge >= 0.3 is 0 Å². The molecule has 142 valence electrons. The number of benzene rings is 1. The molecule has 0 radical (unpaired) electrons. The van der Waals surface area contributed by atoms with Crippen LogP contribution < -0.4 is 10.6 Å². The first-order valence-corrected chi connectivity index (χ1v) is 9.27. The summed E-state index contributed by atoms with van der Waals surface area (Å²) in [5, 5.41) is 6.00. The molecule has 7 heteroatoms. The molecule has 0 bridgehead atoms. The maximum atomic E-state index is 11.8. The number of nitrogens with zero attached hydrogens (tertiary/aromatic N) is 4. The Kier molecular flexibility index (Phi) is 4.65. The highest BCUT2D eigenvalue weighted by molar-refractivity contribution is 5.92. The molecule has 0 unspecified atom stereocenters. The van der Waals surface area contributed by atoms with Crippen LogP contribution in [0.1, 0.15) is 24.3 Å². The van der Waals surface area contributed by atoms with E-state index in [1.165, 1.54) is 0 Å². The summed E-state index contributed by atoms with van der Waals surface area (Å²) in [5.41, 5.74) is 4.78. The Balaban J connectivity index is 1.89. The van der Waals surface area contributed by atoms with Crippen LogP contribution in [0.4, 0.5) is 5.82 Å². The zero-order valence-corrected chi connectivity index (χ0v) is 16.1. The Morgan fingerprint density at radius 3 is 2.64 bits per heavy atom. The Bertz CT molecular complexity index is 1150. The first-order valence-electron chi connectivity index (χ1n) is 9.27. The molecule has 4 rings (SSSR count). The normalized spacial score (nSPS) is 11.3. The number of hydrogen-bond donors (Lipinski definition) is 2. The maximum Gasteiger partial charge on any atom is 0.269 e. The molecule has 4 aromatic rings. The number of imidazole rings is 1. The fourth-order valence-corrected chi connectivity index (χ4v) is 3.11. The molecule has 0 saturated heterocycles. The topological polar surface area (TPSA) is 84.2 Å². The monoisotopic (exact) mass is 374 g/mol. The Labute approximate surface area is 162 Å². The van der Waals surface area contributed by atoms with Gasteiger partial charge in [0.25, 0.3) is 5.91 Å². The van der Waals surface area contributed by atoms with E-state index in [1.54, 1.807) is 19.3 Å². The van der Waals surface area contributed by atoms with Gasteiger partial charge in [-0.2, -0.15) is 0 Å². The van der Waals surface area contributed by atoms with Crippen molar-refractivity contribution in [3.8, 4) is 11.3 Å². The first kappa shape index (κ1) is 17.9. The molecular weight excluding hydrogens is 352 g/mol. The molecule has 1 aromatic carbocycles. The van der Waals surface area contributed by atoms with Crippen LogP contribution in [0.5, 0.6) is 0 Å². The molecule has 28 heavy (non-hydrogen) atoms. The lowest BCUT2D eigenvalue weighted by Crippen LogP contribution is -2.18. The van der Waals surface area contributed by atoms with Gasteiger partial charge in [0.05, 0.1) is 22.9 Å². The average molecular weight is 374 g/mol. The molecule has 0 spiro atoms. The number of fused-ring (bicyclic) bond motifs is 3. The molecule has 3 heterocycles. The van der Waals surface area contributed by atoms with Crippen molar-refractivity contribution in [2.24, 2.45) is 5.92 Å². The molecule has 0 aliphatic rings. The fraction of sp³-hybridized carbons (Fsp3) is 0.238. The van der Waals surface area contributed by atoms with E-state index in [0.717, 1.165) is 40.3 Å². The zero-order valence-electron chi connectivity index (χ0n) is 16.1. The number of hydrogen-bond acceptors (Lipinski definition) is 5. The number of para-hydroxylation sites is 2. The predicted molar refractivity (Wildman–Crippen MR) is 110 cm³/mol. The summed E-state index contributed by atoms with van der Waals surface area (Å²) >= 11 is 0. The second-order valence-corrected chi connectivity index (χ2v) is 7.04. The summed E-state index contributed by atoms with van der Waals surface area (Å²) in [6.45, 7) is 5.12. The number of anilines is 1. The van der Waals surface area contributed by atoms with Gasteiger partial charge < -0.3 is 10.6 Å². The van der Waals surface area contributed by atoms with Gasteiger partial charge in [-0.15, -0.1) is 0 Å². The van der Waals surface area contributed by atoms with Gasteiger partial charge in [-0.3, -0.25) is 14.2 Å². The lowest BCUT2D eigenvalue weighted by atomic mass is 10.2. The van der Waals surface area contributed by atoms with Crippen molar-refractivity contribution >= 4 is 28.4 Å². The van der Waals surface area contributed by atoms with Crippen LogP contribution in [0.2, 0.25) is 0 Å². The van der Waals surface area contributed by atoms with E-state index in [0.29, 0.717) is 11.6 Å². The molecule has 0 atom stereocenters. The number of carbonyl (C=O) groups is 1. The van der Waals surface area contributed by atoms with Gasteiger partial charge in [0, 0.05) is 25.4 Å². The van der Waals surface area contributed by atoms with Gasteiger partial charge in [-0.25, -0.2) is 9.97 Å². The predicted octanol–water partition coefficient (Wildman–Crippen LogP) is 3.37. The van der Waals surface area contributed by atoms with E-state index in [1.807, 2.05) is 36.5 Å². The highest BCUT2D eigenvalue weighted by Gasteiger charge is 2.15. The highest BCUT2D eigenvalue weighted by Crippen LogP contribution is 2.28. The smallest absolute Gasteiger partial charge is 0.269 e. The van der Waals surface area contributed by atoms with Crippen LogP contribution in [0.15, 0.2) is 48.8 Å². The second-order valence-electron chi connectivity index (χ2n) is 7.04. The number of rotatable bonds is 5. The van der Waals surface area contributed by atoms with Gasteiger partial charge in [0.2, 0.25) is 0 Å². The molecule has 0 aliphatic heterocycles. The van der Waals surface area contributed by atoms with E-state index in [9.17, 15) is 4.79 Å². The van der Waals surface area contributed by atoms with Crippen LogP contribution in [-0.4, -0.2) is 38.9 Å². The van der Waals surface area contributed by atoms with Crippen molar-refractivity contribution < 1.29 is 4.79 Å². The Morgan fingerprint density at radius 2 is 1.93 bits per heavy atom. The molecule has 0 saturated carbocycles. The van der Waals surface area contributed by atoms with Gasteiger partial charge in [0.15, 0.2) is 11.5 Å². The van der Waals surface area contributed by atoms with Gasteiger partial charge in [0.1, 0.15) is 5.69 Å². The van der Waals surface area contributed by atoms with Crippen LogP contribution in [0, 0.1) is 5.92 Å². The van der Waals surface area contributed by atoms with Crippen LogP contribution in [0.25, 0.3) is 27.9 Å². The standard InChI is InChI=1S/C21H22N6O/c1-13(2)10-24-19-20-25-12-18(14-8-9-16(23-11-14)21(28)22-3)27(20)17-7-5-4-6-15(17)26-19/h4-9,11-13H,10H2,1-3H3,(H,22,28)(H,24,26). The molecule has 7 nitrogen and oxygen atoms in total. The minimum absolute atomic E-state index is 0.209. The third kappa shape index (κ3) is 3.15. The number of carbonyl (C=O) groups excluding carboxylic acids is 1. The summed E-state index contributed by atoms with van der Waals surface area (Å²) in [6, 6.07) is 11.6. The summed E-state index contributed by atoms with van der Waals surface area (Å²) in [5.74, 6) is 1.04. The molecule has 3 aromatic heterocycles. The van der Waals surface area contributed by atoms with Crippen molar-refractivity contribution in [2.45, 2.75) is 13.8 Å². The van der Waals surface area contributed by atoms with Crippen LogP contribution in [0.3, 0.4) is 0 Å². The maximum absolute atomic E-state index is 11.8. The first-order chi connectivity index (χ1) is 13.6. The van der Waals surface area contributed by atoms with E-state index < -0.39 is 0 Å². The molecular formula is C21H22N6O. The fourth-order valence-electron chi connectivity index (χ4n) is 3.11. The molecule has 0 aliphatic carbocycles. The lowest BCUT2D eigenvalue weighted by Gasteiger charge is -2.12. The Hall–Kier alpha value is -3.48. The van der Waals surface area contributed by atoms with Gasteiger partial charge in [-0.05, 0) is 30.2 Å². The average Bonchev–Trinajstić information content (AvgIpc) is 3.17. The zero-order chi connectivity index (χ0) is 19.7. The summed E-state index contributed by atoms with van der Waals surface area (Å²) in [6.07, 6.45) is 3.52.